The summed E-state index contributed by atoms with van der Waals surface area (Å²) in [7, 11) is 0. The first kappa shape index (κ1) is 23.5. The number of amides is 1. The summed E-state index contributed by atoms with van der Waals surface area (Å²) in [5.74, 6) is 6.64. The minimum absolute atomic E-state index is 0.0430. The van der Waals surface area contributed by atoms with Gasteiger partial charge in [0.2, 0.25) is 5.91 Å². The Labute approximate surface area is 201 Å². The molecule has 34 heavy (non-hydrogen) atoms. The smallest absolute Gasteiger partial charge is 0.249 e. The van der Waals surface area contributed by atoms with Gasteiger partial charge in [0.1, 0.15) is 12.0 Å². The van der Waals surface area contributed by atoms with E-state index in [-0.39, 0.29) is 5.91 Å². The number of carbonyl (C=O) groups is 1. The Morgan fingerprint density at radius 2 is 2.06 bits per heavy atom. The highest BCUT2D eigenvalue weighted by atomic mass is 16.2. The van der Waals surface area contributed by atoms with Gasteiger partial charge in [-0.1, -0.05) is 56.3 Å². The van der Waals surface area contributed by atoms with Gasteiger partial charge >= 0.3 is 0 Å². The van der Waals surface area contributed by atoms with Crippen LogP contribution in [0.2, 0.25) is 0 Å². The average Bonchev–Trinajstić information content (AvgIpc) is 3.01. The lowest BCUT2D eigenvalue weighted by Gasteiger charge is -2.25. The highest BCUT2D eigenvalue weighted by Gasteiger charge is 2.25. The molecule has 0 fully saturated rings. The summed E-state index contributed by atoms with van der Waals surface area (Å²) in [5.41, 5.74) is 5.70. The Bertz CT molecular complexity index is 1140. The fourth-order valence-corrected chi connectivity index (χ4v) is 4.40. The van der Waals surface area contributed by atoms with Gasteiger partial charge in [0, 0.05) is 42.0 Å². The van der Waals surface area contributed by atoms with Gasteiger partial charge in [-0.15, -0.1) is 5.11 Å². The fourth-order valence-electron chi connectivity index (χ4n) is 4.40. The Balaban J connectivity index is 1.66. The van der Waals surface area contributed by atoms with E-state index in [2.05, 4.69) is 53.9 Å². The van der Waals surface area contributed by atoms with Crippen LogP contribution in [-0.2, 0) is 11.3 Å². The number of para-hydroxylation sites is 1. The van der Waals surface area contributed by atoms with E-state index in [0.29, 0.717) is 24.5 Å². The zero-order valence-electron chi connectivity index (χ0n) is 20.1. The third-order valence-electron chi connectivity index (χ3n) is 5.92. The molecule has 8 nitrogen and oxygen atoms in total. The van der Waals surface area contributed by atoms with Gasteiger partial charge in [0.25, 0.3) is 0 Å². The number of benzene rings is 2. The number of anilines is 2. The molecule has 0 aliphatic carbocycles. The molecule has 4 rings (SSSR count). The second kappa shape index (κ2) is 10.5. The normalized spacial score (nSPS) is 17.1. The molecule has 0 saturated carbocycles. The van der Waals surface area contributed by atoms with E-state index in [1.54, 1.807) is 0 Å². The standard InChI is InChI=1S/C26H33N7O/c1-4-11-33(16-17(2)3)26(34)21-12-18-9-10-19(13-23(18)29-24(14-21)31-32-27)25-28-15-20-7-5-6-8-22(20)30-25/h5-10,12-13,17,24,29H,4,11,14-16H2,1-3H3,(H2,27,31)(H,28,30). The summed E-state index contributed by atoms with van der Waals surface area (Å²) in [6.07, 6.45) is 2.86. The van der Waals surface area contributed by atoms with E-state index >= 15 is 0 Å². The zero-order chi connectivity index (χ0) is 24.1. The van der Waals surface area contributed by atoms with Crippen LogP contribution in [0.3, 0.4) is 0 Å². The van der Waals surface area contributed by atoms with Crippen LogP contribution < -0.4 is 16.5 Å². The molecule has 0 saturated heterocycles. The SMILES string of the molecule is CCCN(CC(C)C)C(=O)C1=Cc2ccc(C3=NCc4ccccc4N3)cc2NC(N=NN)C1. The summed E-state index contributed by atoms with van der Waals surface area (Å²) in [6.45, 7) is 8.42. The Morgan fingerprint density at radius 1 is 1.24 bits per heavy atom. The number of carbonyl (C=O) groups excluding carboxylic acids is 1. The second-order valence-electron chi connectivity index (χ2n) is 9.16. The van der Waals surface area contributed by atoms with Crippen LogP contribution in [0.4, 0.5) is 11.4 Å². The summed E-state index contributed by atoms with van der Waals surface area (Å²) in [4.78, 5) is 20.1. The van der Waals surface area contributed by atoms with Gasteiger partial charge in [0.05, 0.1) is 6.54 Å². The first-order chi connectivity index (χ1) is 16.5. The van der Waals surface area contributed by atoms with Crippen molar-refractivity contribution in [3.8, 4) is 0 Å². The highest BCUT2D eigenvalue weighted by molar-refractivity contribution is 6.10. The molecule has 0 spiro atoms. The lowest BCUT2D eigenvalue weighted by atomic mass is 10.0. The van der Waals surface area contributed by atoms with E-state index < -0.39 is 6.17 Å². The van der Waals surface area contributed by atoms with Crippen LogP contribution in [0.1, 0.15) is 50.3 Å². The third-order valence-corrected chi connectivity index (χ3v) is 5.92. The quantitative estimate of drug-likeness (QED) is 0.314. The van der Waals surface area contributed by atoms with Crippen molar-refractivity contribution in [1.82, 2.24) is 4.90 Å². The molecule has 0 bridgehead atoms. The van der Waals surface area contributed by atoms with Gasteiger partial charge in [0.15, 0.2) is 0 Å². The highest BCUT2D eigenvalue weighted by Crippen LogP contribution is 2.30. The molecule has 1 atom stereocenters. The summed E-state index contributed by atoms with van der Waals surface area (Å²) in [5, 5.41) is 14.5. The van der Waals surface area contributed by atoms with E-state index in [1.165, 1.54) is 5.56 Å². The molecule has 8 heteroatoms. The first-order valence-corrected chi connectivity index (χ1v) is 11.9. The van der Waals surface area contributed by atoms with Crippen molar-refractivity contribution in [1.29, 1.82) is 0 Å². The number of hydrogen-bond acceptors (Lipinski definition) is 6. The van der Waals surface area contributed by atoms with Crippen molar-refractivity contribution in [3.05, 3.63) is 64.7 Å². The number of nitrogens with zero attached hydrogens (tertiary/aromatic N) is 4. The number of amidine groups is 1. The Morgan fingerprint density at radius 3 is 2.82 bits per heavy atom. The average molecular weight is 460 g/mol. The van der Waals surface area contributed by atoms with Crippen molar-refractivity contribution in [2.75, 3.05) is 23.7 Å². The van der Waals surface area contributed by atoms with Crippen LogP contribution in [0.15, 0.2) is 63.4 Å². The maximum absolute atomic E-state index is 13.5. The maximum atomic E-state index is 13.5. The molecule has 2 aliphatic rings. The van der Waals surface area contributed by atoms with E-state index in [9.17, 15) is 4.79 Å². The Hall–Kier alpha value is -3.68. The van der Waals surface area contributed by atoms with Crippen LogP contribution >= 0.6 is 0 Å². The fraction of sp³-hybridized carbons (Fsp3) is 0.385. The molecule has 4 N–H and O–H groups in total. The van der Waals surface area contributed by atoms with Gasteiger partial charge in [-0.3, -0.25) is 9.79 Å². The maximum Gasteiger partial charge on any atom is 0.249 e. The summed E-state index contributed by atoms with van der Waals surface area (Å²) >= 11 is 0. The molecule has 178 valence electrons. The molecule has 1 amide bonds. The van der Waals surface area contributed by atoms with Crippen molar-refractivity contribution in [3.63, 3.8) is 0 Å². The number of rotatable bonds is 7. The van der Waals surface area contributed by atoms with E-state index in [1.807, 2.05) is 41.3 Å². The minimum atomic E-state index is -0.429. The monoisotopic (exact) mass is 459 g/mol. The molecule has 2 aromatic rings. The number of hydrogen-bond donors (Lipinski definition) is 3. The minimum Gasteiger partial charge on any atom is -0.361 e. The van der Waals surface area contributed by atoms with Gasteiger partial charge in [-0.25, -0.2) is 0 Å². The molecular weight excluding hydrogens is 426 g/mol. The number of fused-ring (bicyclic) bond motifs is 2. The molecule has 0 radical (unpaired) electrons. The largest absolute Gasteiger partial charge is 0.361 e. The Kier molecular flexibility index (Phi) is 7.25. The lowest BCUT2D eigenvalue weighted by molar-refractivity contribution is -0.127. The van der Waals surface area contributed by atoms with Crippen molar-refractivity contribution >= 4 is 29.2 Å². The third kappa shape index (κ3) is 5.27. The van der Waals surface area contributed by atoms with E-state index in [0.717, 1.165) is 47.8 Å². The van der Waals surface area contributed by atoms with E-state index in [4.69, 9.17) is 10.8 Å². The van der Waals surface area contributed by atoms with Crippen molar-refractivity contribution < 1.29 is 4.79 Å². The number of aliphatic imine (C=N–C) groups is 1. The zero-order valence-corrected chi connectivity index (χ0v) is 20.1. The predicted molar refractivity (Wildman–Crippen MR) is 138 cm³/mol. The van der Waals surface area contributed by atoms with Crippen LogP contribution in [-0.4, -0.2) is 35.9 Å². The van der Waals surface area contributed by atoms with Gasteiger partial charge in [-0.05, 0) is 41.7 Å². The van der Waals surface area contributed by atoms with Crippen molar-refractivity contribution in [2.24, 2.45) is 27.1 Å². The first-order valence-electron chi connectivity index (χ1n) is 11.9. The predicted octanol–water partition coefficient (Wildman–Crippen LogP) is 4.80. The second-order valence-corrected chi connectivity index (χ2v) is 9.16. The van der Waals surface area contributed by atoms with Crippen molar-refractivity contribution in [2.45, 2.75) is 46.3 Å². The molecule has 1 unspecified atom stereocenters. The van der Waals surface area contributed by atoms with Crippen LogP contribution in [0.5, 0.6) is 0 Å². The van der Waals surface area contributed by atoms with Crippen LogP contribution in [0.25, 0.3) is 6.08 Å². The topological polar surface area (TPSA) is 107 Å². The molecule has 2 aliphatic heterocycles. The van der Waals surface area contributed by atoms with Gasteiger partial charge in [-0.2, -0.15) is 0 Å². The molecule has 2 heterocycles. The summed E-state index contributed by atoms with van der Waals surface area (Å²) < 4.78 is 0. The van der Waals surface area contributed by atoms with Gasteiger partial charge < -0.3 is 21.4 Å². The number of nitrogens with two attached hydrogens (primary N) is 1. The van der Waals surface area contributed by atoms with Crippen LogP contribution in [0, 0.1) is 5.92 Å². The molecule has 2 aromatic carbocycles. The molecular formula is C26H33N7O. The number of nitrogens with one attached hydrogen (secondary N) is 2. The molecule has 0 aromatic heterocycles. The lowest BCUT2D eigenvalue weighted by Crippen LogP contribution is -2.36. The summed E-state index contributed by atoms with van der Waals surface area (Å²) in [6, 6.07) is 14.3.